The van der Waals surface area contributed by atoms with Crippen LogP contribution >= 0.6 is 12.6 Å². The summed E-state index contributed by atoms with van der Waals surface area (Å²) in [7, 11) is 0. The molecule has 0 unspecified atom stereocenters. The predicted octanol–water partition coefficient (Wildman–Crippen LogP) is -0.275. The van der Waals surface area contributed by atoms with Gasteiger partial charge in [-0.2, -0.15) is 12.6 Å². The number of carboxylic acids is 1. The lowest BCUT2D eigenvalue weighted by atomic mass is 10.3. The summed E-state index contributed by atoms with van der Waals surface area (Å²) in [6.45, 7) is 4.04. The Balaban J connectivity index is 3.91. The Kier molecular flexibility index (Phi) is 6.31. The fourth-order valence-electron chi connectivity index (χ4n) is 0.936. The molecule has 0 saturated heterocycles. The van der Waals surface area contributed by atoms with E-state index < -0.39 is 12.0 Å². The van der Waals surface area contributed by atoms with Crippen LogP contribution in [0.3, 0.4) is 0 Å². The normalized spacial score (nSPS) is 16.4. The Morgan fingerprint density at radius 1 is 1.71 bits per heavy atom. The van der Waals surface area contributed by atoms with E-state index >= 15 is 0 Å². The van der Waals surface area contributed by atoms with Gasteiger partial charge in [-0.3, -0.25) is 9.79 Å². The van der Waals surface area contributed by atoms with E-state index in [1.807, 2.05) is 6.92 Å². The maximum absolute atomic E-state index is 10.6. The molecule has 4 N–H and O–H groups in total. The lowest BCUT2D eigenvalue weighted by molar-refractivity contribution is -0.138. The average molecular weight is 219 g/mol. The second kappa shape index (κ2) is 6.67. The number of nitrogens with two attached hydrogens (primary N) is 1. The largest absolute Gasteiger partial charge is 0.480 e. The van der Waals surface area contributed by atoms with Gasteiger partial charge in [-0.05, 0) is 13.8 Å². The number of carboxylic acid groups (broad SMARTS) is 1. The second-order valence-corrected chi connectivity index (χ2v) is 3.47. The number of rotatable bonds is 6. The van der Waals surface area contributed by atoms with Crippen molar-refractivity contribution in [1.82, 2.24) is 5.32 Å². The molecule has 0 spiro atoms. The molecular weight excluding hydrogens is 202 g/mol. The van der Waals surface area contributed by atoms with Gasteiger partial charge in [0, 0.05) is 12.3 Å². The summed E-state index contributed by atoms with van der Waals surface area (Å²) in [5.41, 5.74) is 5.38. The van der Waals surface area contributed by atoms with Crippen molar-refractivity contribution in [3.63, 3.8) is 0 Å². The van der Waals surface area contributed by atoms with E-state index in [9.17, 15) is 4.79 Å². The summed E-state index contributed by atoms with van der Waals surface area (Å²) in [5.74, 6) is -0.148. The van der Waals surface area contributed by atoms with Gasteiger partial charge in [0.1, 0.15) is 6.04 Å². The highest BCUT2D eigenvalue weighted by atomic mass is 32.1. The molecule has 2 atom stereocenters. The number of nitrogens with zero attached hydrogens (tertiary/aromatic N) is 1. The third-order valence-corrected chi connectivity index (χ3v) is 1.93. The van der Waals surface area contributed by atoms with E-state index in [-0.39, 0.29) is 11.8 Å². The van der Waals surface area contributed by atoms with E-state index in [1.54, 1.807) is 6.92 Å². The van der Waals surface area contributed by atoms with Crippen molar-refractivity contribution < 1.29 is 9.90 Å². The van der Waals surface area contributed by atoms with Crippen LogP contribution in [0.2, 0.25) is 0 Å². The van der Waals surface area contributed by atoms with Crippen molar-refractivity contribution in [2.75, 3.05) is 12.3 Å². The fourth-order valence-corrected chi connectivity index (χ4v) is 1.22. The van der Waals surface area contributed by atoms with Gasteiger partial charge in [0.2, 0.25) is 0 Å². The summed E-state index contributed by atoms with van der Waals surface area (Å²) < 4.78 is 0. The molecule has 0 bridgehead atoms. The molecule has 0 aliphatic rings. The summed E-state index contributed by atoms with van der Waals surface area (Å²) in [5, 5.41) is 11.5. The van der Waals surface area contributed by atoms with Gasteiger partial charge in [-0.15, -0.1) is 0 Å². The predicted molar refractivity (Wildman–Crippen MR) is 60.0 cm³/mol. The lowest BCUT2D eigenvalue weighted by Crippen LogP contribution is -2.41. The van der Waals surface area contributed by atoms with Crippen molar-refractivity contribution in [1.29, 1.82) is 0 Å². The van der Waals surface area contributed by atoms with Crippen LogP contribution in [0.1, 0.15) is 13.8 Å². The van der Waals surface area contributed by atoms with Crippen LogP contribution in [0, 0.1) is 0 Å². The van der Waals surface area contributed by atoms with Gasteiger partial charge in [0.05, 0.1) is 11.9 Å². The number of aliphatic imine (C=N–C) groups is 1. The van der Waals surface area contributed by atoms with Crippen molar-refractivity contribution in [2.24, 2.45) is 10.7 Å². The number of carbonyl (C=O) groups is 1. The first-order valence-corrected chi connectivity index (χ1v) is 4.97. The molecule has 0 amide bonds. The summed E-state index contributed by atoms with van der Waals surface area (Å²) in [6.07, 6.45) is 0. The summed E-state index contributed by atoms with van der Waals surface area (Å²) in [6, 6.07) is -0.657. The third kappa shape index (κ3) is 5.82. The Morgan fingerprint density at radius 2 is 2.29 bits per heavy atom. The van der Waals surface area contributed by atoms with Gasteiger partial charge in [0.15, 0.2) is 0 Å². The molecule has 82 valence electrons. The van der Waals surface area contributed by atoms with Gasteiger partial charge in [-0.1, -0.05) is 0 Å². The number of aliphatic carboxylic acids is 1. The Morgan fingerprint density at radius 3 is 2.64 bits per heavy atom. The number of nitrogens with one attached hydrogen (secondary N) is 1. The Bertz CT molecular complexity index is 217. The number of thiol groups is 1. The zero-order valence-corrected chi connectivity index (χ0v) is 9.29. The summed E-state index contributed by atoms with van der Waals surface area (Å²) in [4.78, 5) is 14.7. The van der Waals surface area contributed by atoms with Crippen LogP contribution in [0.5, 0.6) is 0 Å². The molecule has 0 rings (SSSR count). The molecule has 0 aromatic rings. The number of hydrogen-bond acceptors (Lipinski definition) is 4. The van der Waals surface area contributed by atoms with Crippen LogP contribution in [0.4, 0.5) is 0 Å². The minimum Gasteiger partial charge on any atom is -0.480 e. The Hall–Kier alpha value is -0.750. The van der Waals surface area contributed by atoms with E-state index in [4.69, 9.17) is 10.8 Å². The second-order valence-electron chi connectivity index (χ2n) is 3.10. The summed E-state index contributed by atoms with van der Waals surface area (Å²) >= 11 is 3.92. The molecule has 0 heterocycles. The molecule has 0 fully saturated rings. The van der Waals surface area contributed by atoms with Crippen molar-refractivity contribution in [3.8, 4) is 0 Å². The Labute approximate surface area is 89.2 Å². The molecule has 5 nitrogen and oxygen atoms in total. The quantitative estimate of drug-likeness (QED) is 0.281. The van der Waals surface area contributed by atoms with Gasteiger partial charge < -0.3 is 16.2 Å². The minimum absolute atomic E-state index is 0.0262. The lowest BCUT2D eigenvalue weighted by Gasteiger charge is -2.13. The van der Waals surface area contributed by atoms with Crippen LogP contribution in [-0.4, -0.2) is 41.3 Å². The zero-order valence-electron chi connectivity index (χ0n) is 8.40. The molecule has 0 radical (unpaired) electrons. The van der Waals surface area contributed by atoms with Crippen LogP contribution in [-0.2, 0) is 4.79 Å². The smallest absolute Gasteiger partial charge is 0.321 e. The highest BCUT2D eigenvalue weighted by Crippen LogP contribution is 1.92. The SMILES string of the molecule is CC(N)=N[C@H](C)CN[C@H](CS)C(=O)O. The molecule has 14 heavy (non-hydrogen) atoms. The molecular formula is C8H17N3O2S. The van der Waals surface area contributed by atoms with Gasteiger partial charge in [-0.25, -0.2) is 0 Å². The minimum atomic E-state index is -0.902. The van der Waals surface area contributed by atoms with E-state index in [1.165, 1.54) is 0 Å². The highest BCUT2D eigenvalue weighted by Gasteiger charge is 2.14. The van der Waals surface area contributed by atoms with Crippen LogP contribution < -0.4 is 11.1 Å². The molecule has 0 aliphatic heterocycles. The zero-order chi connectivity index (χ0) is 11.1. The first kappa shape index (κ1) is 13.2. The van der Waals surface area contributed by atoms with Crippen molar-refractivity contribution in [2.45, 2.75) is 25.9 Å². The standard InChI is InChI=1S/C8H17N3O2S/c1-5(11-6(2)9)3-10-7(4-14)8(12)13/h5,7,10,14H,3-4H2,1-2H3,(H2,9,11)(H,12,13)/t5-,7-/m1/s1. The number of amidine groups is 1. The van der Waals surface area contributed by atoms with Gasteiger partial charge in [0.25, 0.3) is 0 Å². The van der Waals surface area contributed by atoms with E-state index in [2.05, 4.69) is 22.9 Å². The van der Waals surface area contributed by atoms with E-state index in [0.717, 1.165) is 0 Å². The van der Waals surface area contributed by atoms with Crippen LogP contribution in [0.25, 0.3) is 0 Å². The fraction of sp³-hybridized carbons (Fsp3) is 0.750. The van der Waals surface area contributed by atoms with E-state index in [0.29, 0.717) is 12.4 Å². The van der Waals surface area contributed by atoms with Gasteiger partial charge >= 0.3 is 5.97 Å². The topological polar surface area (TPSA) is 87.7 Å². The monoisotopic (exact) mass is 219 g/mol. The maximum atomic E-state index is 10.6. The molecule has 0 aliphatic carbocycles. The average Bonchev–Trinajstić information content (AvgIpc) is 2.03. The first-order valence-electron chi connectivity index (χ1n) is 4.34. The number of hydrogen-bond donors (Lipinski definition) is 4. The highest BCUT2D eigenvalue weighted by molar-refractivity contribution is 7.80. The van der Waals surface area contributed by atoms with Crippen LogP contribution in [0.15, 0.2) is 4.99 Å². The maximum Gasteiger partial charge on any atom is 0.321 e. The molecule has 0 saturated carbocycles. The molecule has 0 aromatic carbocycles. The van der Waals surface area contributed by atoms with Crippen molar-refractivity contribution in [3.05, 3.63) is 0 Å². The third-order valence-electron chi connectivity index (χ3n) is 1.56. The van der Waals surface area contributed by atoms with Crippen molar-refractivity contribution >= 4 is 24.4 Å². The molecule has 0 aromatic heterocycles. The molecule has 6 heteroatoms. The first-order chi connectivity index (χ1) is 6.47.